The number of benzene rings is 2. The smallest absolute Gasteiger partial charge is 0.490 e. The lowest BCUT2D eigenvalue weighted by Gasteiger charge is -2.08. The van der Waals surface area contributed by atoms with Gasteiger partial charge in [0.15, 0.2) is 0 Å². The molecule has 2 aromatic rings. The maximum atomic E-state index is 10.6. The van der Waals surface area contributed by atoms with Crippen LogP contribution in [-0.2, 0) is 22.6 Å². The molecule has 0 aliphatic rings. The van der Waals surface area contributed by atoms with E-state index in [0.717, 1.165) is 24.3 Å². The molecule has 0 saturated carbocycles. The average molecular weight is 484 g/mol. The molecular weight excluding hydrogens is 451 g/mol. The molecule has 0 aliphatic heterocycles. The van der Waals surface area contributed by atoms with Crippen LogP contribution in [0.4, 0.5) is 13.2 Å². The molecular formula is C25H32F3NO5. The minimum atomic E-state index is -5.08. The van der Waals surface area contributed by atoms with Crippen molar-refractivity contribution in [2.45, 2.75) is 57.7 Å². The number of carboxylic acids is 2. The number of alkyl halides is 3. The Bertz CT molecular complexity index is 827. The first-order valence-corrected chi connectivity index (χ1v) is 11.2. The Morgan fingerprint density at radius 1 is 0.824 bits per heavy atom. The van der Waals surface area contributed by atoms with Gasteiger partial charge in [-0.05, 0) is 42.5 Å². The van der Waals surface area contributed by atoms with Gasteiger partial charge < -0.3 is 20.3 Å². The molecule has 0 heterocycles. The van der Waals surface area contributed by atoms with Crippen LogP contribution >= 0.6 is 0 Å². The van der Waals surface area contributed by atoms with Crippen molar-refractivity contribution in [1.82, 2.24) is 5.32 Å². The zero-order valence-corrected chi connectivity index (χ0v) is 19.0. The third-order valence-electron chi connectivity index (χ3n) is 4.73. The first-order chi connectivity index (χ1) is 16.2. The highest BCUT2D eigenvalue weighted by molar-refractivity contribution is 5.73. The summed E-state index contributed by atoms with van der Waals surface area (Å²) in [6.07, 6.45) is 2.33. The fraction of sp³-hybridized carbons (Fsp3) is 0.440. The van der Waals surface area contributed by atoms with Crippen LogP contribution in [0.5, 0.6) is 5.75 Å². The number of hydrogen-bond donors (Lipinski definition) is 3. The number of aliphatic carboxylic acids is 2. The summed E-state index contributed by atoms with van der Waals surface area (Å²) >= 11 is 0. The summed E-state index contributed by atoms with van der Waals surface area (Å²) in [7, 11) is 0. The SMILES string of the molecule is O=C(O)C(F)(F)F.O=C(O)CCNCc1ccc(OCCCCCCCc2ccccc2)cc1. The van der Waals surface area contributed by atoms with Crippen molar-refractivity contribution >= 4 is 11.9 Å². The van der Waals surface area contributed by atoms with E-state index in [0.29, 0.717) is 13.1 Å². The van der Waals surface area contributed by atoms with E-state index in [1.54, 1.807) is 0 Å². The van der Waals surface area contributed by atoms with Gasteiger partial charge in [0.1, 0.15) is 5.75 Å². The molecule has 34 heavy (non-hydrogen) atoms. The Hall–Kier alpha value is -3.07. The maximum Gasteiger partial charge on any atom is 0.490 e. The largest absolute Gasteiger partial charge is 0.494 e. The highest BCUT2D eigenvalue weighted by Crippen LogP contribution is 2.14. The zero-order chi connectivity index (χ0) is 25.2. The molecule has 0 aromatic heterocycles. The molecule has 6 nitrogen and oxygen atoms in total. The lowest BCUT2D eigenvalue weighted by molar-refractivity contribution is -0.192. The standard InChI is InChI=1S/C23H31NO3.C2HF3O2/c25-23(26)16-17-24-19-21-12-14-22(15-13-21)27-18-8-3-1-2-5-9-20-10-6-4-7-11-20;3-2(4,5)1(6)7/h4,6-7,10-15,24H,1-3,5,8-9,16-19H2,(H,25,26);(H,6,7). The van der Waals surface area contributed by atoms with Crippen molar-refractivity contribution in [1.29, 1.82) is 0 Å². The van der Waals surface area contributed by atoms with E-state index < -0.39 is 18.1 Å². The van der Waals surface area contributed by atoms with Crippen molar-refractivity contribution in [2.24, 2.45) is 0 Å². The van der Waals surface area contributed by atoms with Crippen molar-refractivity contribution in [3.63, 3.8) is 0 Å². The van der Waals surface area contributed by atoms with Crippen LogP contribution in [0.1, 0.15) is 49.7 Å². The van der Waals surface area contributed by atoms with Gasteiger partial charge in [-0.3, -0.25) is 4.79 Å². The van der Waals surface area contributed by atoms with Gasteiger partial charge >= 0.3 is 18.1 Å². The Kier molecular flexibility index (Phi) is 14.1. The number of hydrogen-bond acceptors (Lipinski definition) is 4. The van der Waals surface area contributed by atoms with Crippen LogP contribution < -0.4 is 10.1 Å². The fourth-order valence-corrected chi connectivity index (χ4v) is 2.93. The number of halogens is 3. The van der Waals surface area contributed by atoms with Gasteiger partial charge in [-0.2, -0.15) is 13.2 Å². The number of ether oxygens (including phenoxy) is 1. The molecule has 0 radical (unpaired) electrons. The predicted octanol–water partition coefficient (Wildman–Crippen LogP) is 5.46. The quantitative estimate of drug-likeness (QED) is 0.309. The Morgan fingerprint density at radius 3 is 2.00 bits per heavy atom. The average Bonchev–Trinajstić information content (AvgIpc) is 2.80. The number of unbranched alkanes of at least 4 members (excludes halogenated alkanes) is 4. The molecule has 0 unspecified atom stereocenters. The number of nitrogens with one attached hydrogen (secondary N) is 1. The van der Waals surface area contributed by atoms with E-state index in [1.165, 1.54) is 37.7 Å². The minimum absolute atomic E-state index is 0.146. The normalized spacial score (nSPS) is 10.8. The van der Waals surface area contributed by atoms with Gasteiger partial charge in [0.25, 0.3) is 0 Å². The molecule has 0 saturated heterocycles. The van der Waals surface area contributed by atoms with Crippen molar-refractivity contribution in [3.05, 3.63) is 65.7 Å². The van der Waals surface area contributed by atoms with Crippen LogP contribution in [0.2, 0.25) is 0 Å². The third-order valence-corrected chi connectivity index (χ3v) is 4.73. The van der Waals surface area contributed by atoms with E-state index in [9.17, 15) is 18.0 Å². The van der Waals surface area contributed by atoms with E-state index in [1.807, 2.05) is 24.3 Å². The topological polar surface area (TPSA) is 95.9 Å². The summed E-state index contributed by atoms with van der Waals surface area (Å²) in [4.78, 5) is 19.4. The molecule has 3 N–H and O–H groups in total. The van der Waals surface area contributed by atoms with E-state index >= 15 is 0 Å². The zero-order valence-electron chi connectivity index (χ0n) is 19.0. The Morgan fingerprint density at radius 2 is 1.41 bits per heavy atom. The Balaban J connectivity index is 0.000000718. The van der Waals surface area contributed by atoms with Crippen molar-refractivity contribution in [3.8, 4) is 5.75 Å². The molecule has 0 amide bonds. The van der Waals surface area contributed by atoms with Gasteiger partial charge in [-0.1, -0.05) is 61.7 Å². The molecule has 9 heteroatoms. The maximum absolute atomic E-state index is 10.6. The van der Waals surface area contributed by atoms with E-state index in [-0.39, 0.29) is 6.42 Å². The highest BCUT2D eigenvalue weighted by atomic mass is 19.4. The van der Waals surface area contributed by atoms with Gasteiger partial charge in [0, 0.05) is 13.1 Å². The summed E-state index contributed by atoms with van der Waals surface area (Å²) in [5.41, 5.74) is 2.56. The van der Waals surface area contributed by atoms with Crippen LogP contribution in [0.3, 0.4) is 0 Å². The number of carbonyl (C=O) groups is 2. The second kappa shape index (κ2) is 16.5. The minimum Gasteiger partial charge on any atom is -0.494 e. The molecule has 0 aliphatic carbocycles. The predicted molar refractivity (Wildman–Crippen MR) is 123 cm³/mol. The van der Waals surface area contributed by atoms with E-state index in [4.69, 9.17) is 19.7 Å². The highest BCUT2D eigenvalue weighted by Gasteiger charge is 2.38. The molecule has 0 fully saturated rings. The molecule has 0 bridgehead atoms. The van der Waals surface area contributed by atoms with Crippen LogP contribution in [0.15, 0.2) is 54.6 Å². The van der Waals surface area contributed by atoms with Crippen LogP contribution in [0.25, 0.3) is 0 Å². The molecule has 2 rings (SSSR count). The monoisotopic (exact) mass is 483 g/mol. The first-order valence-electron chi connectivity index (χ1n) is 11.2. The van der Waals surface area contributed by atoms with Gasteiger partial charge in [-0.25, -0.2) is 4.79 Å². The van der Waals surface area contributed by atoms with Crippen molar-refractivity contribution < 1.29 is 37.7 Å². The molecule has 0 spiro atoms. The number of aryl methyl sites for hydroxylation is 1. The lowest BCUT2D eigenvalue weighted by atomic mass is 10.1. The fourth-order valence-electron chi connectivity index (χ4n) is 2.93. The van der Waals surface area contributed by atoms with Crippen LogP contribution in [-0.4, -0.2) is 41.5 Å². The lowest BCUT2D eigenvalue weighted by Crippen LogP contribution is -2.21. The van der Waals surface area contributed by atoms with Gasteiger partial charge in [0.2, 0.25) is 0 Å². The van der Waals surface area contributed by atoms with Gasteiger partial charge in [0.05, 0.1) is 13.0 Å². The molecule has 0 atom stereocenters. The second-order valence-corrected chi connectivity index (χ2v) is 7.62. The summed E-state index contributed by atoms with van der Waals surface area (Å²) in [6, 6.07) is 18.7. The first kappa shape index (κ1) is 29.0. The number of carboxylic acid groups (broad SMARTS) is 2. The second-order valence-electron chi connectivity index (χ2n) is 7.62. The third kappa shape index (κ3) is 14.9. The Labute approximate surface area is 197 Å². The number of rotatable bonds is 14. The molecule has 188 valence electrons. The summed E-state index contributed by atoms with van der Waals surface area (Å²) < 4.78 is 37.5. The summed E-state index contributed by atoms with van der Waals surface area (Å²) in [5, 5.41) is 18.8. The molecule has 2 aromatic carbocycles. The summed E-state index contributed by atoms with van der Waals surface area (Å²) in [6.45, 7) is 1.92. The van der Waals surface area contributed by atoms with Gasteiger partial charge in [-0.15, -0.1) is 0 Å². The van der Waals surface area contributed by atoms with E-state index in [2.05, 4.69) is 35.6 Å². The van der Waals surface area contributed by atoms with Crippen molar-refractivity contribution in [2.75, 3.05) is 13.2 Å². The summed E-state index contributed by atoms with van der Waals surface area (Å²) in [5.74, 6) is -2.64. The van der Waals surface area contributed by atoms with Crippen LogP contribution in [0, 0.1) is 0 Å².